The van der Waals surface area contributed by atoms with Crippen LogP contribution in [0.25, 0.3) is 0 Å². The van der Waals surface area contributed by atoms with Gasteiger partial charge in [0.15, 0.2) is 5.78 Å². The van der Waals surface area contributed by atoms with Crippen molar-refractivity contribution in [1.29, 1.82) is 0 Å². The van der Waals surface area contributed by atoms with Gasteiger partial charge in [-0.25, -0.2) is 0 Å². The van der Waals surface area contributed by atoms with Gasteiger partial charge in [-0.2, -0.15) is 0 Å². The van der Waals surface area contributed by atoms with Gasteiger partial charge in [0.25, 0.3) is 0 Å². The van der Waals surface area contributed by atoms with Gasteiger partial charge in [-0.1, -0.05) is 60.7 Å². The summed E-state index contributed by atoms with van der Waals surface area (Å²) in [6, 6.07) is 15.4. The third-order valence-corrected chi connectivity index (χ3v) is 2.40. The Morgan fingerprint density at radius 3 is 1.86 bits per heavy atom. The van der Waals surface area contributed by atoms with Crippen molar-refractivity contribution in [2.24, 2.45) is 0 Å². The van der Waals surface area contributed by atoms with Crippen LogP contribution < -0.4 is 0 Å². The third kappa shape index (κ3) is 11.3. The van der Waals surface area contributed by atoms with E-state index in [0.29, 0.717) is 10.8 Å². The van der Waals surface area contributed by atoms with E-state index >= 15 is 0 Å². The quantitative estimate of drug-likeness (QED) is 0.620. The van der Waals surface area contributed by atoms with E-state index < -0.39 is 0 Å². The van der Waals surface area contributed by atoms with Crippen LogP contribution in [0.1, 0.15) is 6.92 Å². The average Bonchev–Trinajstić information content (AvgIpc) is 2.50. The van der Waals surface area contributed by atoms with E-state index in [9.17, 15) is 4.79 Å². The SMILES string of the molecule is C=C/C=C/C(C)=O.Oc1ccccc1.Oc1ccccc1Cl. The summed E-state index contributed by atoms with van der Waals surface area (Å²) in [6.07, 6.45) is 4.65. The summed E-state index contributed by atoms with van der Waals surface area (Å²) in [6.45, 7) is 4.89. The van der Waals surface area contributed by atoms with Gasteiger partial charge >= 0.3 is 0 Å². The fraction of sp³-hybridized carbons (Fsp3) is 0.0556. The molecule has 0 fully saturated rings. The molecule has 0 aromatic heterocycles. The summed E-state index contributed by atoms with van der Waals surface area (Å²) in [4.78, 5) is 10.1. The van der Waals surface area contributed by atoms with Crippen LogP contribution in [0.15, 0.2) is 79.4 Å². The van der Waals surface area contributed by atoms with Crippen molar-refractivity contribution in [3.05, 3.63) is 84.4 Å². The summed E-state index contributed by atoms with van der Waals surface area (Å²) in [5.74, 6) is 0.511. The molecule has 0 amide bonds. The second kappa shape index (κ2) is 12.2. The molecule has 0 aliphatic carbocycles. The normalized spacial score (nSPS) is 9.00. The van der Waals surface area contributed by atoms with Crippen LogP contribution in [0.5, 0.6) is 11.5 Å². The van der Waals surface area contributed by atoms with E-state index in [4.69, 9.17) is 21.8 Å². The number of carbonyl (C=O) groups is 1. The van der Waals surface area contributed by atoms with Crippen molar-refractivity contribution < 1.29 is 15.0 Å². The first-order chi connectivity index (χ1) is 10.5. The molecule has 2 aromatic rings. The number of hydrogen-bond acceptors (Lipinski definition) is 3. The molecule has 2 aromatic carbocycles. The van der Waals surface area contributed by atoms with Crippen LogP contribution >= 0.6 is 11.6 Å². The number of allylic oxidation sites excluding steroid dienone is 3. The first kappa shape index (κ1) is 19.5. The topological polar surface area (TPSA) is 57.5 Å². The molecule has 0 heterocycles. The van der Waals surface area contributed by atoms with Gasteiger partial charge in [-0.3, -0.25) is 4.79 Å². The fourth-order valence-corrected chi connectivity index (χ4v) is 1.22. The zero-order valence-corrected chi connectivity index (χ0v) is 13.1. The molecule has 2 N–H and O–H groups in total. The summed E-state index contributed by atoms with van der Waals surface area (Å²) in [5, 5.41) is 17.8. The smallest absolute Gasteiger partial charge is 0.152 e. The number of hydrogen-bond donors (Lipinski definition) is 2. The van der Waals surface area contributed by atoms with E-state index in [-0.39, 0.29) is 11.5 Å². The monoisotopic (exact) mass is 318 g/mol. The summed E-state index contributed by atoms with van der Waals surface area (Å²) < 4.78 is 0. The molecule has 0 atom stereocenters. The molecule has 0 spiro atoms. The lowest BCUT2D eigenvalue weighted by atomic mass is 10.3. The van der Waals surface area contributed by atoms with Crippen LogP contribution in [0, 0.1) is 0 Å². The number of phenolic OH excluding ortho intramolecular Hbond substituents is 2. The lowest BCUT2D eigenvalue weighted by Crippen LogP contribution is -1.76. The lowest BCUT2D eigenvalue weighted by Gasteiger charge is -1.89. The molecule has 4 heteroatoms. The van der Waals surface area contributed by atoms with Gasteiger partial charge in [0.05, 0.1) is 5.02 Å². The Morgan fingerprint density at radius 2 is 1.59 bits per heavy atom. The Hall–Kier alpha value is -2.52. The molecule has 116 valence electrons. The maximum absolute atomic E-state index is 10.1. The molecule has 0 bridgehead atoms. The van der Waals surface area contributed by atoms with Gasteiger partial charge in [0.1, 0.15) is 11.5 Å². The molecule has 22 heavy (non-hydrogen) atoms. The van der Waals surface area contributed by atoms with E-state index in [1.807, 2.05) is 6.07 Å². The Kier molecular flexibility index (Phi) is 10.8. The Bertz CT molecular complexity index is 571. The standard InChI is InChI=1S/C6H5ClO.C6H6O.C6H8O/c7-5-3-1-2-4-6(5)8;7-6-4-2-1-3-5-6;1-3-4-5-6(2)7/h1-4,8H;1-5,7H;3-5H,1H2,2H3/b;;5-4+. The van der Waals surface area contributed by atoms with Crippen molar-refractivity contribution in [2.45, 2.75) is 6.92 Å². The largest absolute Gasteiger partial charge is 0.508 e. The number of halogens is 1. The van der Waals surface area contributed by atoms with E-state index in [1.54, 1.807) is 60.7 Å². The van der Waals surface area contributed by atoms with E-state index in [0.717, 1.165) is 0 Å². The van der Waals surface area contributed by atoms with Crippen molar-refractivity contribution in [1.82, 2.24) is 0 Å². The molecule has 0 saturated carbocycles. The van der Waals surface area contributed by atoms with Gasteiger partial charge < -0.3 is 10.2 Å². The highest BCUT2D eigenvalue weighted by Crippen LogP contribution is 2.20. The van der Waals surface area contributed by atoms with Gasteiger partial charge in [0, 0.05) is 0 Å². The van der Waals surface area contributed by atoms with Crippen molar-refractivity contribution in [3.8, 4) is 11.5 Å². The second-order valence-electron chi connectivity index (χ2n) is 3.99. The Balaban J connectivity index is 0.000000302. The number of aromatic hydroxyl groups is 2. The summed E-state index contributed by atoms with van der Waals surface area (Å²) >= 11 is 5.46. The van der Waals surface area contributed by atoms with Crippen LogP contribution in [0.4, 0.5) is 0 Å². The summed E-state index contributed by atoms with van der Waals surface area (Å²) in [5.41, 5.74) is 0. The first-order valence-corrected chi connectivity index (χ1v) is 6.82. The number of carbonyl (C=O) groups excluding carboxylic acids is 1. The molecule has 0 radical (unpaired) electrons. The maximum Gasteiger partial charge on any atom is 0.152 e. The van der Waals surface area contributed by atoms with Crippen LogP contribution in [0.2, 0.25) is 5.02 Å². The van der Waals surface area contributed by atoms with Gasteiger partial charge in [-0.05, 0) is 37.3 Å². The van der Waals surface area contributed by atoms with Gasteiger partial charge in [0.2, 0.25) is 0 Å². The van der Waals surface area contributed by atoms with Crippen molar-refractivity contribution >= 4 is 17.4 Å². The minimum Gasteiger partial charge on any atom is -0.508 e. The zero-order chi connectivity index (χ0) is 16.8. The fourth-order valence-electron chi connectivity index (χ4n) is 1.08. The minimum absolute atomic E-state index is 0.0555. The Labute approximate surface area is 135 Å². The van der Waals surface area contributed by atoms with Crippen LogP contribution in [-0.4, -0.2) is 16.0 Å². The second-order valence-corrected chi connectivity index (χ2v) is 4.40. The summed E-state index contributed by atoms with van der Waals surface area (Å²) in [7, 11) is 0. The zero-order valence-electron chi connectivity index (χ0n) is 12.3. The number of rotatable bonds is 2. The molecule has 2 rings (SSSR count). The molecular formula is C18H19ClO3. The number of phenols is 2. The molecule has 0 aliphatic rings. The third-order valence-electron chi connectivity index (χ3n) is 2.08. The molecule has 0 aliphatic heterocycles. The van der Waals surface area contributed by atoms with E-state index in [1.165, 1.54) is 13.0 Å². The highest BCUT2D eigenvalue weighted by molar-refractivity contribution is 6.31. The van der Waals surface area contributed by atoms with Crippen molar-refractivity contribution in [2.75, 3.05) is 0 Å². The molecular weight excluding hydrogens is 300 g/mol. The number of ketones is 1. The van der Waals surface area contributed by atoms with Crippen molar-refractivity contribution in [3.63, 3.8) is 0 Å². The van der Waals surface area contributed by atoms with E-state index in [2.05, 4.69) is 6.58 Å². The highest BCUT2D eigenvalue weighted by Gasteiger charge is 1.89. The molecule has 0 unspecified atom stereocenters. The first-order valence-electron chi connectivity index (χ1n) is 6.44. The number of benzene rings is 2. The average molecular weight is 319 g/mol. The lowest BCUT2D eigenvalue weighted by molar-refractivity contribution is -0.112. The van der Waals surface area contributed by atoms with Crippen LogP contribution in [-0.2, 0) is 4.79 Å². The highest BCUT2D eigenvalue weighted by atomic mass is 35.5. The van der Waals surface area contributed by atoms with Crippen LogP contribution in [0.3, 0.4) is 0 Å². The maximum atomic E-state index is 10.1. The predicted molar refractivity (Wildman–Crippen MR) is 91.2 cm³/mol. The molecule has 3 nitrogen and oxygen atoms in total. The minimum atomic E-state index is 0.0555. The number of para-hydroxylation sites is 2. The predicted octanol–water partition coefficient (Wildman–Crippen LogP) is 4.76. The molecule has 0 saturated heterocycles. The Morgan fingerprint density at radius 1 is 1.05 bits per heavy atom. The van der Waals surface area contributed by atoms with Gasteiger partial charge in [-0.15, -0.1) is 0 Å².